The number of hydrogen-bond acceptors (Lipinski definition) is 5. The molecule has 41 heavy (non-hydrogen) atoms. The first-order chi connectivity index (χ1) is 19.4. The van der Waals surface area contributed by atoms with E-state index in [1.54, 1.807) is 4.90 Å². The summed E-state index contributed by atoms with van der Waals surface area (Å²) >= 11 is 0. The van der Waals surface area contributed by atoms with Crippen molar-refractivity contribution in [3.8, 4) is 0 Å². The summed E-state index contributed by atoms with van der Waals surface area (Å²) < 4.78 is 0. The van der Waals surface area contributed by atoms with Gasteiger partial charge < -0.3 is 26.8 Å². The van der Waals surface area contributed by atoms with Crippen molar-refractivity contribution in [1.82, 2.24) is 10.2 Å². The first-order valence-electron chi connectivity index (χ1n) is 15.2. The van der Waals surface area contributed by atoms with Gasteiger partial charge in [-0.05, 0) is 67.7 Å². The van der Waals surface area contributed by atoms with Crippen LogP contribution in [0.1, 0.15) is 84.3 Å². The molecule has 1 aliphatic rings. The number of nitrogens with zero attached hydrogens (tertiary/aromatic N) is 1. The minimum atomic E-state index is -1.50. The quantitative estimate of drug-likeness (QED) is 0.212. The molecule has 3 amide bonds. The normalized spacial score (nSPS) is 18.6. The van der Waals surface area contributed by atoms with Gasteiger partial charge in [0.05, 0.1) is 11.5 Å². The van der Waals surface area contributed by atoms with Gasteiger partial charge in [-0.25, -0.2) is 0 Å². The number of aliphatic hydroxyl groups is 1. The zero-order valence-electron chi connectivity index (χ0n) is 25.9. The van der Waals surface area contributed by atoms with Crippen LogP contribution in [0.5, 0.6) is 0 Å². The van der Waals surface area contributed by atoms with Gasteiger partial charge >= 0.3 is 0 Å². The fourth-order valence-corrected chi connectivity index (χ4v) is 5.58. The summed E-state index contributed by atoms with van der Waals surface area (Å²) in [5, 5.41) is 15.0. The number of aliphatic hydroxyl groups excluding tert-OH is 1. The molecule has 2 rings (SSSR count). The van der Waals surface area contributed by atoms with Gasteiger partial charge in [0.25, 0.3) is 0 Å². The molecule has 0 saturated carbocycles. The van der Waals surface area contributed by atoms with E-state index in [1.165, 1.54) is 17.7 Å². The zero-order valence-corrected chi connectivity index (χ0v) is 25.9. The third-order valence-electron chi connectivity index (χ3n) is 8.00. The van der Waals surface area contributed by atoms with Crippen molar-refractivity contribution in [3.05, 3.63) is 58.7 Å². The third-order valence-corrected chi connectivity index (χ3v) is 8.00. The lowest BCUT2D eigenvalue weighted by molar-refractivity contribution is -0.132. The SMILES string of the molecule is CCCN(CCC)C(=O)C1=CC(C(N)=O)=CC(C(N)=O)([C@H](Cc2ccc(C(C)C)cc2)[C@@H](O)CNCCC(C)C)C1. The van der Waals surface area contributed by atoms with E-state index in [0.29, 0.717) is 43.5 Å². The maximum atomic E-state index is 13.7. The van der Waals surface area contributed by atoms with Gasteiger partial charge in [-0.1, -0.05) is 71.9 Å². The Morgan fingerprint density at radius 2 is 1.63 bits per heavy atom. The minimum absolute atomic E-state index is 0.0142. The summed E-state index contributed by atoms with van der Waals surface area (Å²) in [5.74, 6) is -1.54. The predicted molar refractivity (Wildman–Crippen MR) is 165 cm³/mol. The molecule has 228 valence electrons. The van der Waals surface area contributed by atoms with Crippen molar-refractivity contribution in [2.75, 3.05) is 26.2 Å². The average molecular weight is 569 g/mol. The standard InChI is InChI=1S/C33H52N4O4/c1-7-15-37(16-8-2)31(40)27-18-26(30(34)39)19-33(20-27,32(35)41)28(29(38)21-36-14-13-22(3)4)17-24-9-11-25(12-10-24)23(5)6/h9-12,18-19,22-23,28-29,36,38H,7-8,13-17,20-21H2,1-6H3,(H2,34,39)(H2,35,41)/t28-,29+,33?/m1/s1. The lowest BCUT2D eigenvalue weighted by Gasteiger charge is -2.42. The maximum absolute atomic E-state index is 13.7. The number of benzene rings is 1. The monoisotopic (exact) mass is 568 g/mol. The van der Waals surface area contributed by atoms with Crippen molar-refractivity contribution < 1.29 is 19.5 Å². The molecular weight excluding hydrogens is 516 g/mol. The van der Waals surface area contributed by atoms with Gasteiger partial charge in [-0.3, -0.25) is 14.4 Å². The first-order valence-corrected chi connectivity index (χ1v) is 15.2. The maximum Gasteiger partial charge on any atom is 0.249 e. The van der Waals surface area contributed by atoms with Crippen LogP contribution in [-0.4, -0.2) is 60.0 Å². The number of rotatable bonds is 17. The number of hydrogen-bond donors (Lipinski definition) is 4. The summed E-state index contributed by atoms with van der Waals surface area (Å²) in [6.45, 7) is 14.6. The molecule has 1 unspecified atom stereocenters. The molecule has 6 N–H and O–H groups in total. The highest BCUT2D eigenvalue weighted by Gasteiger charge is 2.49. The molecule has 0 aliphatic heterocycles. The van der Waals surface area contributed by atoms with Crippen molar-refractivity contribution >= 4 is 17.7 Å². The lowest BCUT2D eigenvalue weighted by Crippen LogP contribution is -2.52. The topological polar surface area (TPSA) is 139 Å². The van der Waals surface area contributed by atoms with Crippen molar-refractivity contribution in [2.45, 2.75) is 85.7 Å². The molecule has 1 aromatic carbocycles. The van der Waals surface area contributed by atoms with E-state index in [1.807, 2.05) is 26.0 Å². The van der Waals surface area contributed by atoms with Crippen molar-refractivity contribution in [1.29, 1.82) is 0 Å². The molecule has 3 atom stereocenters. The number of amides is 3. The van der Waals surface area contributed by atoms with Gasteiger partial charge in [0, 0.05) is 36.7 Å². The van der Waals surface area contributed by atoms with E-state index in [2.05, 4.69) is 45.1 Å². The smallest absolute Gasteiger partial charge is 0.249 e. The highest BCUT2D eigenvalue weighted by Crippen LogP contribution is 2.44. The first kappa shape index (κ1) is 34.2. The molecule has 0 bridgehead atoms. The molecule has 0 radical (unpaired) electrons. The van der Waals surface area contributed by atoms with E-state index in [0.717, 1.165) is 24.8 Å². The lowest BCUT2D eigenvalue weighted by atomic mass is 9.63. The Bertz CT molecular complexity index is 1090. The van der Waals surface area contributed by atoms with Crippen LogP contribution in [0.15, 0.2) is 47.6 Å². The molecule has 8 nitrogen and oxygen atoms in total. The van der Waals surface area contributed by atoms with Gasteiger partial charge in [0.2, 0.25) is 17.7 Å². The van der Waals surface area contributed by atoms with Crippen LogP contribution >= 0.6 is 0 Å². The Kier molecular flexibility index (Phi) is 13.3. The van der Waals surface area contributed by atoms with E-state index in [4.69, 9.17) is 11.5 Å². The van der Waals surface area contributed by atoms with E-state index >= 15 is 0 Å². The summed E-state index contributed by atoms with van der Waals surface area (Å²) in [6, 6.07) is 8.11. The number of carbonyl (C=O) groups is 3. The van der Waals surface area contributed by atoms with Crippen LogP contribution in [0.2, 0.25) is 0 Å². The molecule has 0 fully saturated rings. The van der Waals surface area contributed by atoms with Crippen molar-refractivity contribution in [2.24, 2.45) is 28.7 Å². The second-order valence-electron chi connectivity index (χ2n) is 12.2. The third kappa shape index (κ3) is 9.27. The minimum Gasteiger partial charge on any atom is -0.391 e. The van der Waals surface area contributed by atoms with E-state index in [-0.39, 0.29) is 24.4 Å². The number of nitrogens with two attached hydrogens (primary N) is 2. The molecule has 0 aromatic heterocycles. The van der Waals surface area contributed by atoms with Crippen LogP contribution in [-0.2, 0) is 20.8 Å². The van der Waals surface area contributed by atoms with Gasteiger partial charge in [0.1, 0.15) is 0 Å². The van der Waals surface area contributed by atoms with Crippen LogP contribution in [0.25, 0.3) is 0 Å². The number of nitrogens with one attached hydrogen (secondary N) is 1. The fraction of sp³-hybridized carbons (Fsp3) is 0.606. The Morgan fingerprint density at radius 3 is 2.12 bits per heavy atom. The second-order valence-corrected chi connectivity index (χ2v) is 12.2. The van der Waals surface area contributed by atoms with Crippen molar-refractivity contribution in [3.63, 3.8) is 0 Å². The van der Waals surface area contributed by atoms with E-state index < -0.39 is 29.3 Å². The Hall–Kier alpha value is -2.97. The summed E-state index contributed by atoms with van der Waals surface area (Å²) in [5.41, 5.74) is 12.9. The highest BCUT2D eigenvalue weighted by molar-refractivity contribution is 6.03. The van der Waals surface area contributed by atoms with Gasteiger partial charge in [-0.15, -0.1) is 0 Å². The molecule has 0 spiro atoms. The van der Waals surface area contributed by atoms with Crippen LogP contribution < -0.4 is 16.8 Å². The van der Waals surface area contributed by atoms with Gasteiger partial charge in [-0.2, -0.15) is 0 Å². The predicted octanol–water partition coefficient (Wildman–Crippen LogP) is 3.83. The Balaban J connectivity index is 2.59. The molecular formula is C33H52N4O4. The fourth-order valence-electron chi connectivity index (χ4n) is 5.58. The van der Waals surface area contributed by atoms with Crippen LogP contribution in [0.4, 0.5) is 0 Å². The van der Waals surface area contributed by atoms with E-state index in [9.17, 15) is 19.5 Å². The number of carbonyl (C=O) groups excluding carboxylic acids is 3. The molecule has 1 aliphatic carbocycles. The van der Waals surface area contributed by atoms with Gasteiger partial charge in [0.15, 0.2) is 0 Å². The Labute approximate surface area is 246 Å². The second kappa shape index (κ2) is 15.9. The van der Waals surface area contributed by atoms with Crippen LogP contribution in [0.3, 0.4) is 0 Å². The molecule has 8 heteroatoms. The summed E-state index contributed by atoms with van der Waals surface area (Å²) in [6.07, 6.45) is 4.80. The Morgan fingerprint density at radius 1 is 1.02 bits per heavy atom. The summed E-state index contributed by atoms with van der Waals surface area (Å²) in [7, 11) is 0. The largest absolute Gasteiger partial charge is 0.391 e. The van der Waals surface area contributed by atoms with Crippen LogP contribution in [0, 0.1) is 17.3 Å². The number of primary amides is 2. The highest BCUT2D eigenvalue weighted by atomic mass is 16.3. The molecule has 0 heterocycles. The average Bonchev–Trinajstić information content (AvgIpc) is 2.93. The molecule has 1 aromatic rings. The summed E-state index contributed by atoms with van der Waals surface area (Å²) in [4.78, 5) is 41.5. The molecule has 0 saturated heterocycles. The zero-order chi connectivity index (χ0) is 30.7.